The summed E-state index contributed by atoms with van der Waals surface area (Å²) in [5, 5.41) is 12.4. The van der Waals surface area contributed by atoms with Crippen molar-refractivity contribution in [2.45, 2.75) is 55.5 Å². The molecule has 0 spiro atoms. The zero-order valence-corrected chi connectivity index (χ0v) is 18.8. The number of benzene rings is 1. The number of hydrogen-bond acceptors (Lipinski definition) is 5. The largest absolute Gasteiger partial charge is 0.487 e. The molecule has 2 saturated heterocycles. The quantitative estimate of drug-likeness (QED) is 0.477. The van der Waals surface area contributed by atoms with E-state index in [1.807, 2.05) is 0 Å². The molecule has 29 heavy (non-hydrogen) atoms. The number of carbonyl (C=O) groups excluding carboxylic acids is 2. The lowest BCUT2D eigenvalue weighted by Gasteiger charge is -2.43. The van der Waals surface area contributed by atoms with Gasteiger partial charge in [-0.3, -0.25) is 9.59 Å². The topological polar surface area (TPSA) is 95.9 Å². The highest BCUT2D eigenvalue weighted by Crippen LogP contribution is 2.50. The number of carboxylic acids is 1. The molecule has 1 aromatic rings. The molecule has 0 saturated carbocycles. The highest BCUT2D eigenvalue weighted by Gasteiger charge is 2.64. The minimum atomic E-state index is -1.06. The molecule has 1 unspecified atom stereocenters. The van der Waals surface area contributed by atoms with Crippen LogP contribution < -0.4 is 10.1 Å². The van der Waals surface area contributed by atoms with E-state index in [-0.39, 0.29) is 27.2 Å². The Labute approximate surface area is 187 Å². The monoisotopic (exact) mass is 480 g/mol. The molecule has 158 valence electrons. The van der Waals surface area contributed by atoms with Crippen molar-refractivity contribution in [3.63, 3.8) is 0 Å². The third-order valence-corrected chi connectivity index (χ3v) is 7.44. The zero-order valence-electron chi connectivity index (χ0n) is 15.7. The van der Waals surface area contributed by atoms with Gasteiger partial charge in [-0.2, -0.15) is 0 Å². The number of rotatable bonds is 6. The lowest BCUT2D eigenvalue weighted by molar-refractivity contribution is -0.161. The highest BCUT2D eigenvalue weighted by molar-refractivity contribution is 8.01. The number of carbonyl (C=O) groups is 3. The standard InChI is InChI=1S/C18H19Cl3N2O5S/c1-7(28-13-9(20)5-4-8(19)11(13)21)6-10(24)22-12-15(25)23-14(17(26)27)18(2,3)29-16(12)23/h4-5,7,12,14,16H,6H2,1-3H3,(H,22,24)(H,26,27)/t7?,12-,14+,16-/m1/s1. The summed E-state index contributed by atoms with van der Waals surface area (Å²) < 4.78 is 5.02. The van der Waals surface area contributed by atoms with Gasteiger partial charge in [-0.1, -0.05) is 34.8 Å². The summed E-state index contributed by atoms with van der Waals surface area (Å²) in [6, 6.07) is 1.39. The van der Waals surface area contributed by atoms with E-state index in [1.54, 1.807) is 20.8 Å². The molecule has 11 heteroatoms. The van der Waals surface area contributed by atoms with Crippen LogP contribution in [-0.2, 0) is 14.4 Å². The maximum absolute atomic E-state index is 12.4. The van der Waals surface area contributed by atoms with E-state index in [4.69, 9.17) is 39.5 Å². The third kappa shape index (κ3) is 4.13. The Bertz CT molecular complexity index is 881. The molecule has 2 aliphatic rings. The van der Waals surface area contributed by atoms with E-state index in [0.717, 1.165) is 0 Å². The van der Waals surface area contributed by atoms with Crippen LogP contribution in [0, 0.1) is 0 Å². The van der Waals surface area contributed by atoms with Gasteiger partial charge in [-0.15, -0.1) is 11.8 Å². The van der Waals surface area contributed by atoms with Gasteiger partial charge in [0, 0.05) is 4.75 Å². The summed E-state index contributed by atoms with van der Waals surface area (Å²) in [6.45, 7) is 5.21. The average molecular weight is 482 g/mol. The Balaban J connectivity index is 1.60. The summed E-state index contributed by atoms with van der Waals surface area (Å²) in [7, 11) is 0. The van der Waals surface area contributed by atoms with E-state index >= 15 is 0 Å². The summed E-state index contributed by atoms with van der Waals surface area (Å²) >= 11 is 19.5. The molecule has 2 aliphatic heterocycles. The molecule has 2 amide bonds. The lowest BCUT2D eigenvalue weighted by Crippen LogP contribution is -2.70. The van der Waals surface area contributed by atoms with Gasteiger partial charge >= 0.3 is 5.97 Å². The first-order valence-corrected chi connectivity index (χ1v) is 10.8. The Morgan fingerprint density at radius 1 is 1.31 bits per heavy atom. The van der Waals surface area contributed by atoms with Crippen LogP contribution in [0.2, 0.25) is 15.1 Å². The Kier molecular flexibility index (Phi) is 6.21. The fraction of sp³-hybridized carbons (Fsp3) is 0.500. The third-order valence-electron chi connectivity index (χ3n) is 4.79. The average Bonchev–Trinajstić information content (AvgIpc) is 2.88. The summed E-state index contributed by atoms with van der Waals surface area (Å²) in [6.07, 6.45) is -0.638. The number of fused-ring (bicyclic) bond motifs is 1. The van der Waals surface area contributed by atoms with Crippen molar-refractivity contribution in [1.29, 1.82) is 0 Å². The number of thioether (sulfide) groups is 1. The van der Waals surface area contributed by atoms with Crippen LogP contribution in [0.5, 0.6) is 5.75 Å². The number of amides is 2. The van der Waals surface area contributed by atoms with Crippen LogP contribution in [0.25, 0.3) is 0 Å². The maximum atomic E-state index is 12.4. The van der Waals surface area contributed by atoms with Gasteiger partial charge in [-0.25, -0.2) is 4.79 Å². The highest BCUT2D eigenvalue weighted by atomic mass is 35.5. The van der Waals surface area contributed by atoms with E-state index < -0.39 is 46.1 Å². The lowest BCUT2D eigenvalue weighted by atomic mass is 9.96. The van der Waals surface area contributed by atoms with Crippen LogP contribution in [0.15, 0.2) is 12.1 Å². The minimum absolute atomic E-state index is 0.0495. The molecule has 0 aliphatic carbocycles. The van der Waals surface area contributed by atoms with Gasteiger partial charge in [-0.05, 0) is 32.9 Å². The molecular weight excluding hydrogens is 463 g/mol. The molecule has 3 rings (SSSR count). The van der Waals surface area contributed by atoms with Crippen molar-refractivity contribution in [2.75, 3.05) is 0 Å². The van der Waals surface area contributed by atoms with Crippen LogP contribution in [0.3, 0.4) is 0 Å². The molecule has 7 nitrogen and oxygen atoms in total. The first-order chi connectivity index (χ1) is 13.4. The van der Waals surface area contributed by atoms with E-state index in [2.05, 4.69) is 5.32 Å². The van der Waals surface area contributed by atoms with Crippen LogP contribution in [0.4, 0.5) is 0 Å². The molecular formula is C18H19Cl3N2O5S. The number of aliphatic carboxylic acids is 1. The van der Waals surface area contributed by atoms with Gasteiger partial charge in [0.2, 0.25) is 11.8 Å². The fourth-order valence-corrected chi connectivity index (χ4v) is 5.73. The van der Waals surface area contributed by atoms with E-state index in [9.17, 15) is 19.5 Å². The first kappa shape index (κ1) is 22.3. The molecule has 2 heterocycles. The number of halogens is 3. The van der Waals surface area contributed by atoms with Crippen molar-refractivity contribution in [2.24, 2.45) is 0 Å². The molecule has 2 N–H and O–H groups in total. The van der Waals surface area contributed by atoms with E-state index in [0.29, 0.717) is 0 Å². The van der Waals surface area contributed by atoms with Gasteiger partial charge < -0.3 is 20.1 Å². The summed E-state index contributed by atoms with van der Waals surface area (Å²) in [5.74, 6) is -1.67. The number of ether oxygens (including phenoxy) is 1. The minimum Gasteiger partial charge on any atom is -0.487 e. The second-order valence-electron chi connectivity index (χ2n) is 7.45. The normalized spacial score (nSPS) is 25.8. The van der Waals surface area contributed by atoms with Gasteiger partial charge in [0.05, 0.1) is 16.5 Å². The fourth-order valence-electron chi connectivity index (χ4n) is 3.50. The van der Waals surface area contributed by atoms with Crippen molar-refractivity contribution in [3.05, 3.63) is 27.2 Å². The molecule has 0 bridgehead atoms. The van der Waals surface area contributed by atoms with Crippen molar-refractivity contribution < 1.29 is 24.2 Å². The number of carboxylic acid groups (broad SMARTS) is 1. The first-order valence-electron chi connectivity index (χ1n) is 8.76. The predicted molar refractivity (Wildman–Crippen MR) is 112 cm³/mol. The van der Waals surface area contributed by atoms with Gasteiger partial charge in [0.15, 0.2) is 5.75 Å². The number of nitrogens with one attached hydrogen (secondary N) is 1. The maximum Gasteiger partial charge on any atom is 0.327 e. The molecule has 0 radical (unpaired) electrons. The van der Waals surface area contributed by atoms with Crippen molar-refractivity contribution in [3.8, 4) is 5.75 Å². The molecule has 4 atom stereocenters. The number of nitrogens with zero attached hydrogens (tertiary/aromatic N) is 1. The van der Waals surface area contributed by atoms with Crippen LogP contribution in [-0.4, -0.2) is 56.1 Å². The van der Waals surface area contributed by atoms with Crippen molar-refractivity contribution >= 4 is 64.3 Å². The van der Waals surface area contributed by atoms with Gasteiger partial charge in [0.1, 0.15) is 28.6 Å². The summed E-state index contributed by atoms with van der Waals surface area (Å²) in [5.41, 5.74) is 0. The Hall–Kier alpha value is -1.35. The Morgan fingerprint density at radius 2 is 1.93 bits per heavy atom. The van der Waals surface area contributed by atoms with Gasteiger partial charge in [0.25, 0.3) is 0 Å². The van der Waals surface area contributed by atoms with E-state index in [1.165, 1.54) is 28.8 Å². The molecule has 0 aromatic heterocycles. The van der Waals surface area contributed by atoms with Crippen LogP contribution >= 0.6 is 46.6 Å². The number of hydrogen-bond donors (Lipinski definition) is 2. The molecule has 1 aromatic carbocycles. The van der Waals surface area contributed by atoms with Crippen molar-refractivity contribution in [1.82, 2.24) is 10.2 Å². The zero-order chi connectivity index (χ0) is 21.7. The smallest absolute Gasteiger partial charge is 0.327 e. The summed E-state index contributed by atoms with van der Waals surface area (Å²) in [4.78, 5) is 37.7. The molecule has 2 fully saturated rings. The SMILES string of the molecule is CC(CC(=O)N[C@@H]1C(=O)N2[C@@H]1SC(C)(C)[C@@H]2C(=O)O)Oc1c(Cl)ccc(Cl)c1Cl. The second kappa shape index (κ2) is 8.06. The second-order valence-corrected chi connectivity index (χ2v) is 10.4. The Morgan fingerprint density at radius 3 is 2.55 bits per heavy atom. The van der Waals surface area contributed by atoms with Crippen LogP contribution in [0.1, 0.15) is 27.2 Å². The number of β-lactam (4-membered cyclic amide) rings is 1. The predicted octanol–water partition coefficient (Wildman–Crippen LogP) is 3.44.